The molecular weight excluding hydrogens is 228 g/mol. The highest BCUT2D eigenvalue weighted by Gasteiger charge is 2.06. The maximum atomic E-state index is 11.7. The minimum atomic E-state index is 0.301. The lowest BCUT2D eigenvalue weighted by Gasteiger charge is -1.98. The summed E-state index contributed by atoms with van der Waals surface area (Å²) in [5.74, 6) is 0.301. The third-order valence-corrected chi connectivity index (χ3v) is 2.78. The molecule has 0 saturated carbocycles. The highest BCUT2D eigenvalue weighted by Crippen LogP contribution is 2.01. The summed E-state index contributed by atoms with van der Waals surface area (Å²) in [5, 5.41) is 10.3. The molecule has 0 aliphatic rings. The number of nitrogens with one attached hydrogen (secondary N) is 1. The molecule has 0 fully saturated rings. The number of aryl methyl sites for hydroxylation is 2. The van der Waals surface area contributed by atoms with E-state index < -0.39 is 0 Å². The Morgan fingerprint density at radius 3 is 2.78 bits per heavy atom. The van der Waals surface area contributed by atoms with Crippen LogP contribution in [0.4, 0.5) is 0 Å². The zero-order chi connectivity index (χ0) is 12.6. The molecule has 18 heavy (non-hydrogen) atoms. The van der Waals surface area contributed by atoms with Gasteiger partial charge in [0, 0.05) is 18.6 Å². The largest absolute Gasteiger partial charge is 0.299 e. The van der Waals surface area contributed by atoms with Crippen molar-refractivity contribution in [2.75, 3.05) is 0 Å². The molecule has 2 rings (SSSR count). The van der Waals surface area contributed by atoms with E-state index in [1.807, 2.05) is 35.2 Å². The molecule has 0 amide bonds. The molecule has 0 aromatic carbocycles. The fraction of sp³-hybridized carbons (Fsp3) is 0.385. The van der Waals surface area contributed by atoms with Gasteiger partial charge < -0.3 is 0 Å². The number of hydrogen-bond donors (Lipinski definition) is 1. The second kappa shape index (κ2) is 6.64. The van der Waals surface area contributed by atoms with Gasteiger partial charge in [0.05, 0.1) is 18.3 Å². The number of ketones is 1. The van der Waals surface area contributed by atoms with Gasteiger partial charge in [-0.05, 0) is 12.8 Å². The summed E-state index contributed by atoms with van der Waals surface area (Å²) in [5.41, 5.74) is 0.917. The molecule has 0 unspecified atom stereocenters. The Labute approximate surface area is 106 Å². The Balaban J connectivity index is 1.63. The molecular formula is C13H17N4O+. The number of nitrogens with zero attached hydrogens (tertiary/aromatic N) is 3. The van der Waals surface area contributed by atoms with Crippen molar-refractivity contribution in [1.29, 1.82) is 0 Å². The highest BCUT2D eigenvalue weighted by molar-refractivity contribution is 5.78. The molecule has 5 nitrogen and oxygen atoms in total. The molecule has 2 heterocycles. The van der Waals surface area contributed by atoms with Gasteiger partial charge in [-0.3, -0.25) is 4.79 Å². The molecule has 0 spiro atoms. The van der Waals surface area contributed by atoms with Crippen LogP contribution in [0.5, 0.6) is 0 Å². The lowest BCUT2D eigenvalue weighted by atomic mass is 10.1. The van der Waals surface area contributed by atoms with E-state index >= 15 is 0 Å². The van der Waals surface area contributed by atoms with Gasteiger partial charge in [0.2, 0.25) is 0 Å². The van der Waals surface area contributed by atoms with Gasteiger partial charge in [0.1, 0.15) is 5.78 Å². The van der Waals surface area contributed by atoms with E-state index in [0.717, 1.165) is 25.1 Å². The first-order valence-corrected chi connectivity index (χ1v) is 6.15. The predicted molar refractivity (Wildman–Crippen MR) is 65.6 cm³/mol. The number of rotatable bonds is 7. The maximum absolute atomic E-state index is 11.7. The van der Waals surface area contributed by atoms with Gasteiger partial charge >= 0.3 is 0 Å². The quantitative estimate of drug-likeness (QED) is 0.742. The predicted octanol–water partition coefficient (Wildman–Crippen LogP) is 1.07. The van der Waals surface area contributed by atoms with E-state index in [2.05, 4.69) is 15.4 Å². The van der Waals surface area contributed by atoms with E-state index in [-0.39, 0.29) is 0 Å². The van der Waals surface area contributed by atoms with Crippen LogP contribution in [-0.4, -0.2) is 21.2 Å². The molecule has 94 valence electrons. The lowest BCUT2D eigenvalue weighted by Crippen LogP contribution is -2.33. The lowest BCUT2D eigenvalue weighted by molar-refractivity contribution is -0.695. The van der Waals surface area contributed by atoms with E-state index in [9.17, 15) is 4.79 Å². The normalized spacial score (nSPS) is 10.4. The molecule has 2 aromatic heterocycles. The summed E-state index contributed by atoms with van der Waals surface area (Å²) in [6, 6.07) is 5.90. The van der Waals surface area contributed by atoms with Gasteiger partial charge in [-0.25, -0.2) is 4.57 Å². The number of hydrogen-bond acceptors (Lipinski definition) is 3. The van der Waals surface area contributed by atoms with E-state index in [1.54, 1.807) is 6.20 Å². The average Bonchev–Trinajstić information content (AvgIpc) is 2.91. The molecule has 5 heteroatoms. The Morgan fingerprint density at radius 2 is 2.06 bits per heavy atom. The molecule has 0 aliphatic heterocycles. The topological polar surface area (TPSA) is 62.5 Å². The first-order valence-electron chi connectivity index (χ1n) is 6.15. The average molecular weight is 245 g/mol. The Kier molecular flexibility index (Phi) is 4.58. The first kappa shape index (κ1) is 12.4. The van der Waals surface area contributed by atoms with Crippen LogP contribution < -0.4 is 4.57 Å². The van der Waals surface area contributed by atoms with Crippen LogP contribution >= 0.6 is 0 Å². The standard InChI is InChI=1S/C13H17N4O/c18-13(6-4-5-12-11-14-16-15-12)7-10-17-8-2-1-3-9-17/h1-3,8-9,11H,4-7,10H2,(H,14,15,16)/q+1. The Hall–Kier alpha value is -2.04. The minimum Gasteiger partial charge on any atom is -0.299 e. The van der Waals surface area contributed by atoms with Crippen molar-refractivity contribution in [1.82, 2.24) is 15.4 Å². The minimum absolute atomic E-state index is 0.301. The van der Waals surface area contributed by atoms with Crippen molar-refractivity contribution in [3.63, 3.8) is 0 Å². The van der Waals surface area contributed by atoms with Crippen molar-refractivity contribution < 1.29 is 9.36 Å². The van der Waals surface area contributed by atoms with Gasteiger partial charge in [-0.15, -0.1) is 0 Å². The van der Waals surface area contributed by atoms with Crippen molar-refractivity contribution >= 4 is 5.78 Å². The number of H-pyrrole nitrogens is 1. The SMILES string of the molecule is O=C(CCCc1cn[nH]n1)CC[n+]1ccccc1. The number of aromatic amines is 1. The monoisotopic (exact) mass is 245 g/mol. The zero-order valence-corrected chi connectivity index (χ0v) is 10.2. The van der Waals surface area contributed by atoms with Crippen LogP contribution in [0.2, 0.25) is 0 Å². The Morgan fingerprint density at radius 1 is 1.22 bits per heavy atom. The fourth-order valence-corrected chi connectivity index (χ4v) is 1.77. The van der Waals surface area contributed by atoms with Crippen LogP contribution in [-0.2, 0) is 17.8 Å². The number of carbonyl (C=O) groups is 1. The maximum Gasteiger partial charge on any atom is 0.168 e. The van der Waals surface area contributed by atoms with Crippen LogP contribution in [0.15, 0.2) is 36.8 Å². The number of carbonyl (C=O) groups excluding carboxylic acids is 1. The smallest absolute Gasteiger partial charge is 0.168 e. The first-order chi connectivity index (χ1) is 8.84. The van der Waals surface area contributed by atoms with Gasteiger partial charge in [-0.1, -0.05) is 6.07 Å². The summed E-state index contributed by atoms with van der Waals surface area (Å²) in [4.78, 5) is 11.7. The summed E-state index contributed by atoms with van der Waals surface area (Å²) >= 11 is 0. The molecule has 0 atom stereocenters. The zero-order valence-electron chi connectivity index (χ0n) is 10.2. The van der Waals surface area contributed by atoms with Crippen molar-refractivity contribution in [2.45, 2.75) is 32.2 Å². The van der Waals surface area contributed by atoms with Crippen molar-refractivity contribution in [2.24, 2.45) is 0 Å². The van der Waals surface area contributed by atoms with E-state index in [1.165, 1.54) is 0 Å². The molecule has 1 N–H and O–H groups in total. The summed E-state index contributed by atoms with van der Waals surface area (Å²) < 4.78 is 2.02. The number of Topliss-reactive ketones (excluding diaryl/α,β-unsaturated/α-hetero) is 1. The second-order valence-corrected chi connectivity index (χ2v) is 4.22. The van der Waals surface area contributed by atoms with Crippen LogP contribution in [0.25, 0.3) is 0 Å². The highest BCUT2D eigenvalue weighted by atomic mass is 16.1. The van der Waals surface area contributed by atoms with Gasteiger partial charge in [-0.2, -0.15) is 15.4 Å². The van der Waals surface area contributed by atoms with Crippen LogP contribution in [0.1, 0.15) is 25.0 Å². The Bertz CT molecular complexity index is 467. The number of aromatic nitrogens is 4. The second-order valence-electron chi connectivity index (χ2n) is 4.22. The van der Waals surface area contributed by atoms with Gasteiger partial charge in [0.15, 0.2) is 18.9 Å². The van der Waals surface area contributed by atoms with E-state index in [0.29, 0.717) is 18.6 Å². The van der Waals surface area contributed by atoms with Crippen LogP contribution in [0, 0.1) is 0 Å². The summed E-state index contributed by atoms with van der Waals surface area (Å²) in [7, 11) is 0. The van der Waals surface area contributed by atoms with Gasteiger partial charge in [0.25, 0.3) is 0 Å². The number of pyridine rings is 1. The molecule has 2 aromatic rings. The van der Waals surface area contributed by atoms with Crippen molar-refractivity contribution in [3.8, 4) is 0 Å². The molecule has 0 aliphatic carbocycles. The molecule has 0 bridgehead atoms. The third-order valence-electron chi connectivity index (χ3n) is 2.78. The summed E-state index contributed by atoms with van der Waals surface area (Å²) in [6.07, 6.45) is 8.49. The molecule has 0 radical (unpaired) electrons. The van der Waals surface area contributed by atoms with E-state index in [4.69, 9.17) is 0 Å². The van der Waals surface area contributed by atoms with Crippen molar-refractivity contribution in [3.05, 3.63) is 42.5 Å². The van der Waals surface area contributed by atoms with Crippen LogP contribution in [0.3, 0.4) is 0 Å². The fourth-order valence-electron chi connectivity index (χ4n) is 1.77. The molecule has 0 saturated heterocycles. The third kappa shape index (κ3) is 4.08. The summed E-state index contributed by atoms with van der Waals surface area (Å²) in [6.45, 7) is 0.754.